The number of carbonyl (C=O) groups is 1. The summed E-state index contributed by atoms with van der Waals surface area (Å²) in [6.45, 7) is 3.26. The normalized spacial score (nSPS) is 22.3. The molecule has 104 valence electrons. The van der Waals surface area contributed by atoms with Gasteiger partial charge in [-0.25, -0.2) is 0 Å². The molecule has 0 aromatic heterocycles. The number of ether oxygens (including phenoxy) is 1. The van der Waals surface area contributed by atoms with E-state index in [9.17, 15) is 4.79 Å². The third kappa shape index (κ3) is 6.77. The van der Waals surface area contributed by atoms with E-state index >= 15 is 0 Å². The summed E-state index contributed by atoms with van der Waals surface area (Å²) in [5, 5.41) is 2.73. The van der Waals surface area contributed by atoms with Crippen LogP contribution in [-0.4, -0.2) is 31.2 Å². The lowest BCUT2D eigenvalue weighted by atomic mass is 10.1. The van der Waals surface area contributed by atoms with Gasteiger partial charge < -0.3 is 15.8 Å². The maximum absolute atomic E-state index is 11.3. The molecule has 0 saturated carbocycles. The van der Waals surface area contributed by atoms with Crippen molar-refractivity contribution in [3.05, 3.63) is 12.2 Å². The van der Waals surface area contributed by atoms with Gasteiger partial charge in [0.2, 0.25) is 5.91 Å². The third-order valence-corrected chi connectivity index (χ3v) is 3.08. The first-order chi connectivity index (χ1) is 8.77. The average Bonchev–Trinajstić information content (AvgIpc) is 3.11. The van der Waals surface area contributed by atoms with Crippen molar-refractivity contribution in [3.63, 3.8) is 0 Å². The molecule has 1 aliphatic heterocycles. The van der Waals surface area contributed by atoms with E-state index in [0.717, 1.165) is 6.42 Å². The molecule has 1 rings (SSSR count). The van der Waals surface area contributed by atoms with Crippen molar-refractivity contribution in [2.75, 3.05) is 13.1 Å². The molecule has 0 spiro atoms. The number of epoxide rings is 1. The van der Waals surface area contributed by atoms with Crippen LogP contribution < -0.4 is 11.1 Å². The Morgan fingerprint density at radius 2 is 2.17 bits per heavy atom. The number of rotatable bonds is 10. The lowest BCUT2D eigenvalue weighted by Gasteiger charge is -1.99. The second-order valence-electron chi connectivity index (χ2n) is 4.76. The van der Waals surface area contributed by atoms with Gasteiger partial charge >= 0.3 is 0 Å². The van der Waals surface area contributed by atoms with Crippen molar-refractivity contribution >= 4 is 5.91 Å². The topological polar surface area (TPSA) is 67.7 Å². The lowest BCUT2D eigenvalue weighted by molar-refractivity contribution is -0.120. The van der Waals surface area contributed by atoms with E-state index in [1.54, 1.807) is 0 Å². The van der Waals surface area contributed by atoms with E-state index < -0.39 is 0 Å². The van der Waals surface area contributed by atoms with E-state index in [0.29, 0.717) is 31.7 Å². The Morgan fingerprint density at radius 3 is 2.89 bits per heavy atom. The van der Waals surface area contributed by atoms with Crippen LogP contribution in [0.3, 0.4) is 0 Å². The van der Waals surface area contributed by atoms with Crippen LogP contribution in [0.2, 0.25) is 0 Å². The van der Waals surface area contributed by atoms with Crippen LogP contribution in [0.4, 0.5) is 0 Å². The standard InChI is InChI=1S/C14H26N2O2/c1-2-3-4-7-12-13(18-12)8-5-6-9-14(17)16-11-10-15/h5-6,12-13H,2-4,7-11,15H2,1H3,(H,16,17)/b6-5+. The number of amides is 1. The van der Waals surface area contributed by atoms with Crippen LogP contribution >= 0.6 is 0 Å². The van der Waals surface area contributed by atoms with Crippen molar-refractivity contribution in [2.45, 2.75) is 57.7 Å². The summed E-state index contributed by atoms with van der Waals surface area (Å²) >= 11 is 0. The Balaban J connectivity index is 1.96. The molecule has 1 fully saturated rings. The number of carbonyl (C=O) groups excluding carboxylic acids is 1. The van der Waals surface area contributed by atoms with Gasteiger partial charge in [0.15, 0.2) is 0 Å². The minimum atomic E-state index is 0.0351. The molecule has 0 aliphatic carbocycles. The molecule has 1 heterocycles. The molecular weight excluding hydrogens is 228 g/mol. The molecule has 0 aromatic carbocycles. The first kappa shape index (κ1) is 15.2. The SMILES string of the molecule is CCCCCC1OC1C/C=C/CC(=O)NCCN. The smallest absolute Gasteiger partial charge is 0.223 e. The molecule has 2 unspecified atom stereocenters. The molecule has 1 saturated heterocycles. The highest BCUT2D eigenvalue weighted by molar-refractivity contribution is 5.77. The monoisotopic (exact) mass is 254 g/mol. The molecule has 1 amide bonds. The van der Waals surface area contributed by atoms with Crippen molar-refractivity contribution < 1.29 is 9.53 Å². The van der Waals surface area contributed by atoms with Gasteiger partial charge in [0, 0.05) is 19.5 Å². The lowest BCUT2D eigenvalue weighted by Crippen LogP contribution is -2.28. The Kier molecular flexibility index (Phi) is 7.69. The third-order valence-electron chi connectivity index (χ3n) is 3.08. The second kappa shape index (κ2) is 9.11. The number of nitrogens with two attached hydrogens (primary N) is 1. The molecule has 1 aliphatic rings. The summed E-state index contributed by atoms with van der Waals surface area (Å²) in [5.41, 5.74) is 5.30. The number of unbranched alkanes of at least 4 members (excludes halogenated alkanes) is 2. The van der Waals surface area contributed by atoms with Gasteiger partial charge in [-0.1, -0.05) is 38.3 Å². The predicted molar refractivity (Wildman–Crippen MR) is 73.2 cm³/mol. The van der Waals surface area contributed by atoms with Gasteiger partial charge in [0.1, 0.15) is 0 Å². The fourth-order valence-corrected chi connectivity index (χ4v) is 1.94. The largest absolute Gasteiger partial charge is 0.369 e. The van der Waals surface area contributed by atoms with Crippen LogP contribution in [0, 0.1) is 0 Å². The first-order valence-electron chi connectivity index (χ1n) is 7.05. The zero-order chi connectivity index (χ0) is 13.2. The molecule has 0 aromatic rings. The highest BCUT2D eigenvalue weighted by atomic mass is 16.6. The summed E-state index contributed by atoms with van der Waals surface area (Å²) in [6.07, 6.45) is 11.2. The predicted octanol–water partition coefficient (Wildman–Crippen LogP) is 1.75. The number of hydrogen-bond acceptors (Lipinski definition) is 3. The molecule has 0 radical (unpaired) electrons. The van der Waals surface area contributed by atoms with E-state index in [1.165, 1.54) is 25.7 Å². The van der Waals surface area contributed by atoms with Crippen molar-refractivity contribution in [1.29, 1.82) is 0 Å². The fourth-order valence-electron chi connectivity index (χ4n) is 1.94. The number of nitrogens with one attached hydrogen (secondary N) is 1. The molecule has 4 heteroatoms. The zero-order valence-electron chi connectivity index (χ0n) is 11.4. The van der Waals surface area contributed by atoms with Gasteiger partial charge in [-0.3, -0.25) is 4.79 Å². The minimum Gasteiger partial charge on any atom is -0.369 e. The van der Waals surface area contributed by atoms with Crippen LogP contribution in [0.25, 0.3) is 0 Å². The Bertz CT molecular complexity index is 267. The quantitative estimate of drug-likeness (QED) is 0.354. The minimum absolute atomic E-state index is 0.0351. The first-order valence-corrected chi connectivity index (χ1v) is 7.05. The van der Waals surface area contributed by atoms with Gasteiger partial charge in [-0.15, -0.1) is 0 Å². The van der Waals surface area contributed by atoms with Gasteiger partial charge in [0.25, 0.3) is 0 Å². The number of hydrogen-bond donors (Lipinski definition) is 2. The second-order valence-corrected chi connectivity index (χ2v) is 4.76. The van der Waals surface area contributed by atoms with Crippen LogP contribution in [0.15, 0.2) is 12.2 Å². The highest BCUT2D eigenvalue weighted by Crippen LogP contribution is 2.30. The van der Waals surface area contributed by atoms with E-state index in [-0.39, 0.29) is 5.91 Å². The van der Waals surface area contributed by atoms with Crippen LogP contribution in [0.5, 0.6) is 0 Å². The van der Waals surface area contributed by atoms with Gasteiger partial charge in [0.05, 0.1) is 12.2 Å². The summed E-state index contributed by atoms with van der Waals surface area (Å²) in [4.78, 5) is 11.3. The highest BCUT2D eigenvalue weighted by Gasteiger charge is 2.36. The molecule has 3 N–H and O–H groups in total. The van der Waals surface area contributed by atoms with Crippen molar-refractivity contribution in [1.82, 2.24) is 5.32 Å². The molecule has 0 bridgehead atoms. The van der Waals surface area contributed by atoms with E-state index in [2.05, 4.69) is 12.2 Å². The summed E-state index contributed by atoms with van der Waals surface area (Å²) in [5.74, 6) is 0.0351. The summed E-state index contributed by atoms with van der Waals surface area (Å²) in [7, 11) is 0. The summed E-state index contributed by atoms with van der Waals surface area (Å²) < 4.78 is 5.57. The van der Waals surface area contributed by atoms with E-state index in [1.807, 2.05) is 12.2 Å². The van der Waals surface area contributed by atoms with Crippen LogP contribution in [0.1, 0.15) is 45.4 Å². The molecule has 18 heavy (non-hydrogen) atoms. The fraction of sp³-hybridized carbons (Fsp3) is 0.786. The Hall–Kier alpha value is -0.870. The maximum atomic E-state index is 11.3. The molecule has 2 atom stereocenters. The van der Waals surface area contributed by atoms with Crippen molar-refractivity contribution in [2.24, 2.45) is 5.73 Å². The van der Waals surface area contributed by atoms with Gasteiger partial charge in [-0.05, 0) is 12.8 Å². The van der Waals surface area contributed by atoms with E-state index in [4.69, 9.17) is 10.5 Å². The molecule has 4 nitrogen and oxygen atoms in total. The zero-order valence-corrected chi connectivity index (χ0v) is 11.4. The average molecular weight is 254 g/mol. The maximum Gasteiger partial charge on any atom is 0.223 e. The van der Waals surface area contributed by atoms with Crippen molar-refractivity contribution in [3.8, 4) is 0 Å². The Morgan fingerprint density at radius 1 is 1.33 bits per heavy atom. The Labute approximate surface area is 110 Å². The summed E-state index contributed by atoms with van der Waals surface area (Å²) in [6, 6.07) is 0. The van der Waals surface area contributed by atoms with Crippen LogP contribution in [-0.2, 0) is 9.53 Å². The van der Waals surface area contributed by atoms with Gasteiger partial charge in [-0.2, -0.15) is 0 Å². The molecular formula is C14H26N2O2.